The molecule has 2 fully saturated rings. The van der Waals surface area contributed by atoms with Crippen molar-refractivity contribution >= 4 is 5.91 Å². The summed E-state index contributed by atoms with van der Waals surface area (Å²) in [6, 6.07) is 9.56. The van der Waals surface area contributed by atoms with E-state index in [-0.39, 0.29) is 5.91 Å². The lowest BCUT2D eigenvalue weighted by molar-refractivity contribution is -0.133. The first kappa shape index (κ1) is 15.5. The lowest BCUT2D eigenvalue weighted by atomic mass is 10.1. The SMILES string of the molecule is Cc1ccc(CN(C(=O)CN(C)C(C)C2CC2)C2CC2)cc1. The standard InChI is InChI=1S/C19H28N2O/c1-14-4-6-16(7-5-14)12-21(18-10-11-18)19(22)13-20(3)15(2)17-8-9-17/h4-7,15,17-18H,8-13H2,1-3H3. The van der Waals surface area contributed by atoms with Crippen molar-refractivity contribution in [3.8, 4) is 0 Å². The van der Waals surface area contributed by atoms with Gasteiger partial charge in [-0.2, -0.15) is 0 Å². The van der Waals surface area contributed by atoms with Crippen molar-refractivity contribution in [3.63, 3.8) is 0 Å². The second-order valence-electron chi connectivity index (χ2n) is 7.23. The number of aryl methyl sites for hydroxylation is 1. The third kappa shape index (κ3) is 3.89. The Kier molecular flexibility index (Phi) is 4.53. The van der Waals surface area contributed by atoms with E-state index in [1.165, 1.54) is 36.8 Å². The van der Waals surface area contributed by atoms with Gasteiger partial charge in [-0.05, 0) is 58.1 Å². The molecule has 3 nitrogen and oxygen atoms in total. The van der Waals surface area contributed by atoms with Gasteiger partial charge in [-0.3, -0.25) is 9.69 Å². The third-order valence-corrected chi connectivity index (χ3v) is 5.17. The highest BCUT2D eigenvalue weighted by molar-refractivity contribution is 5.79. The molecule has 0 heterocycles. The fourth-order valence-corrected chi connectivity index (χ4v) is 3.08. The molecule has 120 valence electrons. The fourth-order valence-electron chi connectivity index (χ4n) is 3.08. The summed E-state index contributed by atoms with van der Waals surface area (Å²) in [6.45, 7) is 5.67. The maximum Gasteiger partial charge on any atom is 0.237 e. The molecule has 1 aromatic rings. The molecule has 2 aliphatic carbocycles. The van der Waals surface area contributed by atoms with E-state index in [1.807, 2.05) is 0 Å². The highest BCUT2D eigenvalue weighted by Crippen LogP contribution is 2.35. The minimum atomic E-state index is 0.290. The number of rotatable bonds is 7. The van der Waals surface area contributed by atoms with Crippen LogP contribution in [0.3, 0.4) is 0 Å². The Balaban J connectivity index is 1.60. The molecule has 0 aliphatic heterocycles. The van der Waals surface area contributed by atoms with Gasteiger partial charge >= 0.3 is 0 Å². The molecule has 0 radical (unpaired) electrons. The van der Waals surface area contributed by atoms with E-state index >= 15 is 0 Å². The molecule has 0 bridgehead atoms. The summed E-state index contributed by atoms with van der Waals surface area (Å²) >= 11 is 0. The Hall–Kier alpha value is -1.35. The van der Waals surface area contributed by atoms with Gasteiger partial charge in [-0.15, -0.1) is 0 Å². The first-order valence-electron chi connectivity index (χ1n) is 8.60. The minimum absolute atomic E-state index is 0.290. The number of carbonyl (C=O) groups excluding carboxylic acids is 1. The van der Waals surface area contributed by atoms with Gasteiger partial charge in [0.2, 0.25) is 5.91 Å². The van der Waals surface area contributed by atoms with Crippen molar-refractivity contribution in [1.29, 1.82) is 0 Å². The molecule has 3 heteroatoms. The highest BCUT2D eigenvalue weighted by Gasteiger charge is 2.35. The van der Waals surface area contributed by atoms with Gasteiger partial charge in [0, 0.05) is 18.6 Å². The minimum Gasteiger partial charge on any atom is -0.334 e. The van der Waals surface area contributed by atoms with Gasteiger partial charge in [0.25, 0.3) is 0 Å². The number of hydrogen-bond donors (Lipinski definition) is 0. The Morgan fingerprint density at radius 2 is 1.82 bits per heavy atom. The largest absolute Gasteiger partial charge is 0.334 e. The molecule has 1 unspecified atom stereocenters. The van der Waals surface area contributed by atoms with Crippen LogP contribution in [0.1, 0.15) is 43.7 Å². The lowest BCUT2D eigenvalue weighted by Crippen LogP contribution is -2.43. The molecule has 3 rings (SSSR count). The number of likely N-dealkylation sites (N-methyl/N-ethyl adjacent to an activating group) is 1. The topological polar surface area (TPSA) is 23.6 Å². The van der Waals surface area contributed by atoms with Crippen LogP contribution in [-0.4, -0.2) is 41.4 Å². The molecule has 1 aromatic carbocycles. The molecule has 1 amide bonds. The molecule has 22 heavy (non-hydrogen) atoms. The molecule has 0 spiro atoms. The van der Waals surface area contributed by atoms with Gasteiger partial charge in [0.05, 0.1) is 6.54 Å². The monoisotopic (exact) mass is 300 g/mol. The summed E-state index contributed by atoms with van der Waals surface area (Å²) in [6.07, 6.45) is 4.99. The summed E-state index contributed by atoms with van der Waals surface area (Å²) in [5.41, 5.74) is 2.51. The second-order valence-corrected chi connectivity index (χ2v) is 7.23. The van der Waals surface area contributed by atoms with Crippen LogP contribution in [0.2, 0.25) is 0 Å². The van der Waals surface area contributed by atoms with E-state index < -0.39 is 0 Å². The lowest BCUT2D eigenvalue weighted by Gasteiger charge is -2.29. The van der Waals surface area contributed by atoms with Gasteiger partial charge in [0.1, 0.15) is 0 Å². The molecule has 2 aliphatic rings. The number of benzene rings is 1. The van der Waals surface area contributed by atoms with E-state index in [0.29, 0.717) is 18.6 Å². The van der Waals surface area contributed by atoms with Gasteiger partial charge < -0.3 is 4.90 Å². The summed E-state index contributed by atoms with van der Waals surface area (Å²) in [4.78, 5) is 17.1. The molecule has 2 saturated carbocycles. The van der Waals surface area contributed by atoms with Crippen molar-refractivity contribution in [2.45, 2.75) is 58.2 Å². The van der Waals surface area contributed by atoms with E-state index in [4.69, 9.17) is 0 Å². The Morgan fingerprint density at radius 1 is 1.18 bits per heavy atom. The zero-order valence-electron chi connectivity index (χ0n) is 14.1. The van der Waals surface area contributed by atoms with Crippen LogP contribution < -0.4 is 0 Å². The van der Waals surface area contributed by atoms with E-state index in [2.05, 4.69) is 55.0 Å². The first-order valence-corrected chi connectivity index (χ1v) is 8.60. The van der Waals surface area contributed by atoms with Crippen molar-refractivity contribution in [2.75, 3.05) is 13.6 Å². The maximum absolute atomic E-state index is 12.7. The molecule has 1 atom stereocenters. The van der Waals surface area contributed by atoms with Gasteiger partial charge in [-0.25, -0.2) is 0 Å². The highest BCUT2D eigenvalue weighted by atomic mass is 16.2. The van der Waals surface area contributed by atoms with Crippen LogP contribution in [0.5, 0.6) is 0 Å². The predicted octanol–water partition coefficient (Wildman–Crippen LogP) is 3.22. The van der Waals surface area contributed by atoms with Crippen LogP contribution >= 0.6 is 0 Å². The summed E-state index contributed by atoms with van der Waals surface area (Å²) in [5, 5.41) is 0. The number of carbonyl (C=O) groups is 1. The van der Waals surface area contributed by atoms with Crippen LogP contribution in [-0.2, 0) is 11.3 Å². The van der Waals surface area contributed by atoms with Crippen LogP contribution in [0, 0.1) is 12.8 Å². The van der Waals surface area contributed by atoms with Crippen LogP contribution in [0.25, 0.3) is 0 Å². The molecular weight excluding hydrogens is 272 g/mol. The molecular formula is C19H28N2O. The predicted molar refractivity (Wildman–Crippen MR) is 89.6 cm³/mol. The average molecular weight is 300 g/mol. The quantitative estimate of drug-likeness (QED) is 0.772. The molecule has 0 N–H and O–H groups in total. The van der Waals surface area contributed by atoms with E-state index in [9.17, 15) is 4.79 Å². The molecule has 0 saturated heterocycles. The number of amides is 1. The Bertz CT molecular complexity index is 517. The van der Waals surface area contributed by atoms with Gasteiger partial charge in [0.15, 0.2) is 0 Å². The summed E-state index contributed by atoms with van der Waals surface area (Å²) in [5.74, 6) is 1.10. The van der Waals surface area contributed by atoms with Crippen molar-refractivity contribution in [1.82, 2.24) is 9.80 Å². The third-order valence-electron chi connectivity index (χ3n) is 5.17. The van der Waals surface area contributed by atoms with E-state index in [1.54, 1.807) is 0 Å². The van der Waals surface area contributed by atoms with E-state index in [0.717, 1.165) is 12.5 Å². The zero-order valence-corrected chi connectivity index (χ0v) is 14.1. The number of hydrogen-bond acceptors (Lipinski definition) is 2. The maximum atomic E-state index is 12.7. The zero-order chi connectivity index (χ0) is 15.7. The fraction of sp³-hybridized carbons (Fsp3) is 0.632. The van der Waals surface area contributed by atoms with Gasteiger partial charge in [-0.1, -0.05) is 29.8 Å². The summed E-state index contributed by atoms with van der Waals surface area (Å²) < 4.78 is 0. The van der Waals surface area contributed by atoms with Crippen LogP contribution in [0.15, 0.2) is 24.3 Å². The number of nitrogens with zero attached hydrogens (tertiary/aromatic N) is 2. The Morgan fingerprint density at radius 3 is 2.36 bits per heavy atom. The smallest absolute Gasteiger partial charge is 0.237 e. The second kappa shape index (κ2) is 6.41. The Labute approximate surface area is 134 Å². The van der Waals surface area contributed by atoms with Crippen molar-refractivity contribution in [3.05, 3.63) is 35.4 Å². The first-order chi connectivity index (χ1) is 10.5. The van der Waals surface area contributed by atoms with Crippen molar-refractivity contribution < 1.29 is 4.79 Å². The van der Waals surface area contributed by atoms with Crippen LogP contribution in [0.4, 0.5) is 0 Å². The normalized spacial score (nSPS) is 19.3. The summed E-state index contributed by atoms with van der Waals surface area (Å²) in [7, 11) is 2.10. The van der Waals surface area contributed by atoms with Crippen molar-refractivity contribution in [2.24, 2.45) is 5.92 Å². The average Bonchev–Trinajstić information content (AvgIpc) is 3.38. The molecule has 0 aromatic heterocycles.